The van der Waals surface area contributed by atoms with Crippen molar-refractivity contribution in [1.29, 1.82) is 0 Å². The molecule has 2 heterocycles. The molecule has 1 aromatic rings. The number of ether oxygens (including phenoxy) is 3. The lowest BCUT2D eigenvalue weighted by molar-refractivity contribution is -0.135. The SMILES string of the molecule is COc1ccc(C=C2SC(=S)N(CCC(=O)N3CCOCC3)C2=O)cc1OC. The topological polar surface area (TPSA) is 68.3 Å². The molecule has 28 heavy (non-hydrogen) atoms. The Hall–Kier alpha value is -2.10. The molecule has 0 bridgehead atoms. The van der Waals surface area contributed by atoms with Gasteiger partial charge in [0.15, 0.2) is 11.5 Å². The van der Waals surface area contributed by atoms with E-state index in [1.165, 1.54) is 16.7 Å². The summed E-state index contributed by atoms with van der Waals surface area (Å²) in [4.78, 5) is 28.8. The molecule has 7 nitrogen and oxygen atoms in total. The van der Waals surface area contributed by atoms with Gasteiger partial charge in [-0.3, -0.25) is 14.5 Å². The Balaban J connectivity index is 1.66. The molecule has 2 fully saturated rings. The smallest absolute Gasteiger partial charge is 0.266 e. The second-order valence-corrected chi connectivity index (χ2v) is 7.87. The molecule has 0 unspecified atom stereocenters. The molecular weight excluding hydrogens is 400 g/mol. The number of benzene rings is 1. The van der Waals surface area contributed by atoms with Crippen LogP contribution in [0.25, 0.3) is 6.08 Å². The van der Waals surface area contributed by atoms with Crippen molar-refractivity contribution in [2.75, 3.05) is 47.1 Å². The fourth-order valence-electron chi connectivity index (χ4n) is 2.97. The highest BCUT2D eigenvalue weighted by Crippen LogP contribution is 2.34. The highest BCUT2D eigenvalue weighted by atomic mass is 32.2. The quantitative estimate of drug-likeness (QED) is 0.514. The highest BCUT2D eigenvalue weighted by Gasteiger charge is 2.32. The normalized spacial score (nSPS) is 18.7. The second kappa shape index (κ2) is 9.40. The van der Waals surface area contributed by atoms with Crippen LogP contribution in [0.4, 0.5) is 0 Å². The van der Waals surface area contributed by atoms with Gasteiger partial charge in [0.05, 0.1) is 32.3 Å². The molecule has 0 aliphatic carbocycles. The van der Waals surface area contributed by atoms with Crippen LogP contribution in [-0.4, -0.2) is 73.0 Å². The molecule has 2 amide bonds. The van der Waals surface area contributed by atoms with Crippen molar-refractivity contribution in [3.8, 4) is 11.5 Å². The molecule has 0 saturated carbocycles. The monoisotopic (exact) mass is 422 g/mol. The number of hydrogen-bond acceptors (Lipinski definition) is 7. The average molecular weight is 423 g/mol. The summed E-state index contributed by atoms with van der Waals surface area (Å²) in [5, 5.41) is 0. The zero-order chi connectivity index (χ0) is 20.1. The number of hydrogen-bond donors (Lipinski definition) is 0. The van der Waals surface area contributed by atoms with Crippen molar-refractivity contribution in [3.63, 3.8) is 0 Å². The van der Waals surface area contributed by atoms with E-state index in [1.807, 2.05) is 6.07 Å². The summed E-state index contributed by atoms with van der Waals surface area (Å²) in [7, 11) is 3.13. The van der Waals surface area contributed by atoms with E-state index >= 15 is 0 Å². The third kappa shape index (κ3) is 4.65. The Bertz CT molecular complexity index is 806. The molecule has 1 aromatic carbocycles. The van der Waals surface area contributed by atoms with E-state index in [1.54, 1.807) is 37.3 Å². The molecule has 2 aliphatic rings. The van der Waals surface area contributed by atoms with Gasteiger partial charge in [-0.15, -0.1) is 0 Å². The number of nitrogens with zero attached hydrogens (tertiary/aromatic N) is 2. The van der Waals surface area contributed by atoms with Gasteiger partial charge in [-0.25, -0.2) is 0 Å². The first kappa shape index (κ1) is 20.6. The maximum atomic E-state index is 12.7. The number of amides is 2. The van der Waals surface area contributed by atoms with Gasteiger partial charge < -0.3 is 19.1 Å². The third-order valence-electron chi connectivity index (χ3n) is 4.49. The molecule has 9 heteroatoms. The van der Waals surface area contributed by atoms with Crippen molar-refractivity contribution in [3.05, 3.63) is 28.7 Å². The van der Waals surface area contributed by atoms with Gasteiger partial charge in [-0.1, -0.05) is 30.0 Å². The van der Waals surface area contributed by atoms with Crippen molar-refractivity contribution in [2.24, 2.45) is 0 Å². The predicted octanol–water partition coefficient (Wildman–Crippen LogP) is 2.15. The molecule has 3 rings (SSSR count). The van der Waals surface area contributed by atoms with E-state index in [9.17, 15) is 9.59 Å². The summed E-state index contributed by atoms with van der Waals surface area (Å²) < 4.78 is 16.3. The number of carbonyl (C=O) groups is 2. The largest absolute Gasteiger partial charge is 0.493 e. The van der Waals surface area contributed by atoms with Crippen LogP contribution in [0.2, 0.25) is 0 Å². The summed E-state index contributed by atoms with van der Waals surface area (Å²) in [5.74, 6) is 1.04. The van der Waals surface area contributed by atoms with E-state index in [0.717, 1.165) is 5.56 Å². The molecule has 0 aromatic heterocycles. The Morgan fingerprint density at radius 2 is 1.96 bits per heavy atom. The fourth-order valence-corrected chi connectivity index (χ4v) is 4.27. The van der Waals surface area contributed by atoms with Crippen LogP contribution in [0.5, 0.6) is 11.5 Å². The first-order valence-electron chi connectivity index (χ1n) is 8.86. The van der Waals surface area contributed by atoms with Crippen molar-refractivity contribution in [2.45, 2.75) is 6.42 Å². The van der Waals surface area contributed by atoms with E-state index in [4.69, 9.17) is 26.4 Å². The number of thioether (sulfide) groups is 1. The molecule has 0 radical (unpaired) electrons. The van der Waals surface area contributed by atoms with Gasteiger partial charge in [0.25, 0.3) is 5.91 Å². The van der Waals surface area contributed by atoms with E-state index in [-0.39, 0.29) is 24.8 Å². The van der Waals surface area contributed by atoms with Crippen LogP contribution in [0, 0.1) is 0 Å². The first-order chi connectivity index (χ1) is 13.5. The van der Waals surface area contributed by atoms with Gasteiger partial charge in [0.1, 0.15) is 4.32 Å². The molecular formula is C19H22N2O5S2. The maximum absolute atomic E-state index is 12.7. The third-order valence-corrected chi connectivity index (χ3v) is 5.87. The standard InChI is InChI=1S/C19H22N2O5S2/c1-24-14-4-3-13(11-15(14)25-2)12-16-18(23)21(19(27)28-16)6-5-17(22)20-7-9-26-10-8-20/h3-4,11-12H,5-10H2,1-2H3. The molecule has 150 valence electrons. The number of rotatable bonds is 6. The van der Waals surface area contributed by atoms with Crippen LogP contribution in [0.1, 0.15) is 12.0 Å². The van der Waals surface area contributed by atoms with E-state index in [0.29, 0.717) is 47.0 Å². The summed E-state index contributed by atoms with van der Waals surface area (Å²) in [6.45, 7) is 2.58. The van der Waals surface area contributed by atoms with Crippen LogP contribution in [0.3, 0.4) is 0 Å². The number of morpholine rings is 1. The van der Waals surface area contributed by atoms with E-state index in [2.05, 4.69) is 0 Å². The number of thiocarbonyl (C=S) groups is 1. The fraction of sp³-hybridized carbons (Fsp3) is 0.421. The number of methoxy groups -OCH3 is 2. The minimum Gasteiger partial charge on any atom is -0.493 e. The van der Waals surface area contributed by atoms with Crippen LogP contribution in [-0.2, 0) is 14.3 Å². The molecule has 2 saturated heterocycles. The van der Waals surface area contributed by atoms with Gasteiger partial charge in [0, 0.05) is 26.1 Å². The number of carbonyl (C=O) groups excluding carboxylic acids is 2. The minimum absolute atomic E-state index is 0.0150. The Labute approximate surface area is 173 Å². The minimum atomic E-state index is -0.181. The summed E-state index contributed by atoms with van der Waals surface area (Å²) >= 11 is 6.58. The lowest BCUT2D eigenvalue weighted by atomic mass is 10.2. The van der Waals surface area contributed by atoms with Gasteiger partial charge >= 0.3 is 0 Å². The zero-order valence-corrected chi connectivity index (χ0v) is 17.4. The molecule has 0 atom stereocenters. The molecule has 0 spiro atoms. The van der Waals surface area contributed by atoms with Crippen molar-refractivity contribution < 1.29 is 23.8 Å². The van der Waals surface area contributed by atoms with Gasteiger partial charge in [-0.05, 0) is 23.8 Å². The maximum Gasteiger partial charge on any atom is 0.266 e. The Kier molecular flexibility index (Phi) is 6.93. The van der Waals surface area contributed by atoms with Crippen LogP contribution in [0.15, 0.2) is 23.1 Å². The summed E-state index contributed by atoms with van der Waals surface area (Å²) in [6, 6.07) is 5.43. The molecule has 0 N–H and O–H groups in total. The average Bonchev–Trinajstić information content (AvgIpc) is 2.99. The lowest BCUT2D eigenvalue weighted by Gasteiger charge is -2.27. The Morgan fingerprint density at radius 3 is 2.64 bits per heavy atom. The van der Waals surface area contributed by atoms with Crippen LogP contribution >= 0.6 is 24.0 Å². The zero-order valence-electron chi connectivity index (χ0n) is 15.8. The molecule has 2 aliphatic heterocycles. The first-order valence-corrected chi connectivity index (χ1v) is 10.1. The lowest BCUT2D eigenvalue weighted by Crippen LogP contribution is -2.42. The Morgan fingerprint density at radius 1 is 1.25 bits per heavy atom. The van der Waals surface area contributed by atoms with Gasteiger partial charge in [0.2, 0.25) is 5.91 Å². The predicted molar refractivity (Wildman–Crippen MR) is 111 cm³/mol. The summed E-state index contributed by atoms with van der Waals surface area (Å²) in [6.07, 6.45) is 2.02. The highest BCUT2D eigenvalue weighted by molar-refractivity contribution is 8.26. The second-order valence-electron chi connectivity index (χ2n) is 6.19. The van der Waals surface area contributed by atoms with Crippen LogP contribution < -0.4 is 9.47 Å². The van der Waals surface area contributed by atoms with Crippen molar-refractivity contribution >= 4 is 46.2 Å². The van der Waals surface area contributed by atoms with Gasteiger partial charge in [-0.2, -0.15) is 0 Å². The summed E-state index contributed by atoms with van der Waals surface area (Å²) in [5.41, 5.74) is 0.808. The van der Waals surface area contributed by atoms with Crippen molar-refractivity contribution in [1.82, 2.24) is 9.80 Å². The van der Waals surface area contributed by atoms with E-state index < -0.39 is 0 Å².